The van der Waals surface area contributed by atoms with Crippen molar-refractivity contribution in [3.8, 4) is 0 Å². The van der Waals surface area contributed by atoms with Crippen molar-refractivity contribution in [3.63, 3.8) is 0 Å². The minimum Gasteiger partial charge on any atom is -0.337 e. The Kier molecular flexibility index (Phi) is 5.31. The molecule has 20 heavy (non-hydrogen) atoms. The molecule has 2 rings (SSSR count). The maximum atomic E-state index is 11.8. The summed E-state index contributed by atoms with van der Waals surface area (Å²) in [5.74, 6) is 0. The first kappa shape index (κ1) is 14.7. The number of rotatable bonds is 6. The second-order valence-electron chi connectivity index (χ2n) is 4.39. The Morgan fingerprint density at radius 3 is 2.75 bits per heavy atom. The van der Waals surface area contributed by atoms with Crippen LogP contribution in [0.1, 0.15) is 13.8 Å². The molecule has 2 N–H and O–H groups in total. The number of urea groups is 1. The van der Waals surface area contributed by atoms with Crippen LogP contribution in [0.2, 0.25) is 0 Å². The number of para-hydroxylation sites is 1. The second kappa shape index (κ2) is 7.21. The van der Waals surface area contributed by atoms with E-state index in [0.717, 1.165) is 29.9 Å². The van der Waals surface area contributed by atoms with E-state index in [-0.39, 0.29) is 6.03 Å². The van der Waals surface area contributed by atoms with Gasteiger partial charge in [0.05, 0.1) is 10.2 Å². The van der Waals surface area contributed by atoms with E-state index in [1.54, 1.807) is 0 Å². The Morgan fingerprint density at radius 1 is 1.30 bits per heavy atom. The van der Waals surface area contributed by atoms with Crippen LogP contribution in [0.25, 0.3) is 10.2 Å². The molecule has 1 aromatic heterocycles. The molecule has 0 atom stereocenters. The number of carbonyl (C=O) groups excluding carboxylic acids is 1. The molecule has 0 aliphatic heterocycles. The zero-order valence-corrected chi connectivity index (χ0v) is 12.7. The zero-order valence-electron chi connectivity index (χ0n) is 11.8. The van der Waals surface area contributed by atoms with Gasteiger partial charge in [0.2, 0.25) is 0 Å². The first-order chi connectivity index (χ1) is 9.72. The van der Waals surface area contributed by atoms with Gasteiger partial charge in [-0.2, -0.15) is 0 Å². The lowest BCUT2D eigenvalue weighted by Gasteiger charge is -2.17. The molecule has 108 valence electrons. The fraction of sp³-hybridized carbons (Fsp3) is 0.429. The lowest BCUT2D eigenvalue weighted by molar-refractivity contribution is 0.248. The van der Waals surface area contributed by atoms with Gasteiger partial charge in [-0.05, 0) is 25.2 Å². The van der Waals surface area contributed by atoms with E-state index in [1.165, 1.54) is 11.3 Å². The predicted molar refractivity (Wildman–Crippen MR) is 84.4 cm³/mol. The highest BCUT2D eigenvalue weighted by atomic mass is 32.1. The lowest BCUT2D eigenvalue weighted by atomic mass is 10.3. The lowest BCUT2D eigenvalue weighted by Crippen LogP contribution is -2.36. The molecule has 2 aromatic rings. The maximum Gasteiger partial charge on any atom is 0.321 e. The molecule has 0 spiro atoms. The molecule has 0 fully saturated rings. The Morgan fingerprint density at radius 2 is 2.05 bits per heavy atom. The van der Waals surface area contributed by atoms with Crippen molar-refractivity contribution in [1.82, 2.24) is 15.2 Å². The van der Waals surface area contributed by atoms with Crippen LogP contribution in [-0.2, 0) is 0 Å². The Bertz CT molecular complexity index is 532. The Hall–Kier alpha value is -1.66. The van der Waals surface area contributed by atoms with Crippen molar-refractivity contribution in [1.29, 1.82) is 0 Å². The summed E-state index contributed by atoms with van der Waals surface area (Å²) in [6.45, 7) is 7.73. The average Bonchev–Trinajstić information content (AvgIpc) is 2.85. The normalized spacial score (nSPS) is 10.9. The Labute approximate surface area is 123 Å². The molecule has 0 radical (unpaired) electrons. The summed E-state index contributed by atoms with van der Waals surface area (Å²) in [6.07, 6.45) is 0. The Balaban J connectivity index is 1.82. The number of carbonyl (C=O) groups is 1. The first-order valence-corrected chi connectivity index (χ1v) is 7.67. The highest BCUT2D eigenvalue weighted by Crippen LogP contribution is 2.25. The minimum atomic E-state index is -0.198. The van der Waals surface area contributed by atoms with Crippen LogP contribution in [0.15, 0.2) is 24.3 Å². The molecular weight excluding hydrogens is 272 g/mol. The molecule has 0 aliphatic carbocycles. The van der Waals surface area contributed by atoms with Crippen molar-refractivity contribution in [2.45, 2.75) is 13.8 Å². The van der Waals surface area contributed by atoms with E-state index in [4.69, 9.17) is 0 Å². The van der Waals surface area contributed by atoms with E-state index in [2.05, 4.69) is 34.4 Å². The molecule has 1 aromatic carbocycles. The van der Waals surface area contributed by atoms with Crippen LogP contribution < -0.4 is 10.6 Å². The average molecular weight is 292 g/mol. The molecule has 0 bridgehead atoms. The van der Waals surface area contributed by atoms with Gasteiger partial charge in [-0.15, -0.1) is 0 Å². The van der Waals surface area contributed by atoms with Gasteiger partial charge in [0, 0.05) is 13.1 Å². The summed E-state index contributed by atoms with van der Waals surface area (Å²) >= 11 is 1.48. The van der Waals surface area contributed by atoms with Crippen molar-refractivity contribution in [3.05, 3.63) is 24.3 Å². The number of nitrogens with one attached hydrogen (secondary N) is 2. The van der Waals surface area contributed by atoms with E-state index in [0.29, 0.717) is 11.7 Å². The van der Waals surface area contributed by atoms with Gasteiger partial charge in [-0.3, -0.25) is 5.32 Å². The highest BCUT2D eigenvalue weighted by molar-refractivity contribution is 7.22. The summed E-state index contributed by atoms with van der Waals surface area (Å²) in [4.78, 5) is 18.4. The van der Waals surface area contributed by atoms with Gasteiger partial charge in [0.1, 0.15) is 0 Å². The number of benzene rings is 1. The fourth-order valence-electron chi connectivity index (χ4n) is 1.93. The van der Waals surface area contributed by atoms with Crippen molar-refractivity contribution in [2.75, 3.05) is 31.5 Å². The minimum absolute atomic E-state index is 0.198. The topological polar surface area (TPSA) is 57.3 Å². The largest absolute Gasteiger partial charge is 0.337 e. The van der Waals surface area contributed by atoms with Crippen LogP contribution in [0.3, 0.4) is 0 Å². The molecule has 0 saturated heterocycles. The maximum absolute atomic E-state index is 11.8. The monoisotopic (exact) mass is 292 g/mol. The summed E-state index contributed by atoms with van der Waals surface area (Å²) < 4.78 is 1.07. The fourth-order valence-corrected chi connectivity index (χ4v) is 2.80. The third kappa shape index (κ3) is 3.91. The van der Waals surface area contributed by atoms with Crippen molar-refractivity contribution >= 4 is 32.7 Å². The summed E-state index contributed by atoms with van der Waals surface area (Å²) in [5.41, 5.74) is 0.913. The number of amides is 2. The van der Waals surface area contributed by atoms with Gasteiger partial charge < -0.3 is 10.2 Å². The van der Waals surface area contributed by atoms with E-state index >= 15 is 0 Å². The number of hydrogen-bond donors (Lipinski definition) is 2. The number of likely N-dealkylation sites (N-methyl/N-ethyl adjacent to an activating group) is 1. The first-order valence-electron chi connectivity index (χ1n) is 6.85. The quantitative estimate of drug-likeness (QED) is 0.860. The standard InChI is InChI=1S/C14H20N4OS/c1-3-18(4-2)10-9-15-13(19)17-14-16-11-7-5-6-8-12(11)20-14/h5-8H,3-4,9-10H2,1-2H3,(H2,15,16,17,19). The van der Waals surface area contributed by atoms with Gasteiger partial charge in [-0.25, -0.2) is 9.78 Å². The summed E-state index contributed by atoms with van der Waals surface area (Å²) in [5, 5.41) is 6.26. The van der Waals surface area contributed by atoms with Crippen molar-refractivity contribution in [2.24, 2.45) is 0 Å². The number of anilines is 1. The van der Waals surface area contributed by atoms with Crippen LogP contribution in [0, 0.1) is 0 Å². The van der Waals surface area contributed by atoms with E-state index in [1.807, 2.05) is 24.3 Å². The number of aromatic nitrogens is 1. The second-order valence-corrected chi connectivity index (χ2v) is 5.43. The predicted octanol–water partition coefficient (Wildman–Crippen LogP) is 2.76. The van der Waals surface area contributed by atoms with Gasteiger partial charge in [0.25, 0.3) is 0 Å². The molecule has 0 aliphatic rings. The molecular formula is C14H20N4OS. The van der Waals surface area contributed by atoms with Crippen LogP contribution in [-0.4, -0.2) is 42.1 Å². The molecule has 0 unspecified atom stereocenters. The highest BCUT2D eigenvalue weighted by Gasteiger charge is 2.07. The van der Waals surface area contributed by atoms with Crippen LogP contribution in [0.5, 0.6) is 0 Å². The molecule has 0 saturated carbocycles. The van der Waals surface area contributed by atoms with Gasteiger partial charge in [-0.1, -0.05) is 37.3 Å². The molecule has 6 heteroatoms. The number of nitrogens with zero attached hydrogens (tertiary/aromatic N) is 2. The summed E-state index contributed by atoms with van der Waals surface area (Å²) in [7, 11) is 0. The number of thiazole rings is 1. The van der Waals surface area contributed by atoms with Gasteiger partial charge in [0.15, 0.2) is 5.13 Å². The zero-order chi connectivity index (χ0) is 14.4. The van der Waals surface area contributed by atoms with Gasteiger partial charge >= 0.3 is 6.03 Å². The van der Waals surface area contributed by atoms with Crippen molar-refractivity contribution < 1.29 is 4.79 Å². The SMILES string of the molecule is CCN(CC)CCNC(=O)Nc1nc2ccccc2s1. The van der Waals surface area contributed by atoms with Crippen LogP contribution in [0.4, 0.5) is 9.93 Å². The number of hydrogen-bond acceptors (Lipinski definition) is 4. The molecule has 2 amide bonds. The molecule has 1 heterocycles. The number of fused-ring (bicyclic) bond motifs is 1. The van der Waals surface area contributed by atoms with E-state index in [9.17, 15) is 4.79 Å². The smallest absolute Gasteiger partial charge is 0.321 e. The third-order valence-electron chi connectivity index (χ3n) is 3.12. The summed E-state index contributed by atoms with van der Waals surface area (Å²) in [6, 6.07) is 7.65. The molecule has 5 nitrogen and oxygen atoms in total. The van der Waals surface area contributed by atoms with Crippen LogP contribution >= 0.6 is 11.3 Å². The van der Waals surface area contributed by atoms with E-state index < -0.39 is 0 Å². The third-order valence-corrected chi connectivity index (χ3v) is 4.07.